The van der Waals surface area contributed by atoms with E-state index in [1.807, 2.05) is 0 Å². The number of nitrogens with one attached hydrogen (secondary N) is 2. The Morgan fingerprint density at radius 3 is 2.52 bits per heavy atom. The highest BCUT2D eigenvalue weighted by atomic mass is 16.5. The van der Waals surface area contributed by atoms with Crippen molar-refractivity contribution in [1.29, 1.82) is 0 Å². The maximum Gasteiger partial charge on any atom is 0.191 e. The molecule has 0 heterocycles. The van der Waals surface area contributed by atoms with Crippen LogP contribution in [0.15, 0.2) is 4.99 Å². The van der Waals surface area contributed by atoms with Gasteiger partial charge in [-0.2, -0.15) is 0 Å². The summed E-state index contributed by atoms with van der Waals surface area (Å²) in [6.07, 6.45) is 9.09. The maximum absolute atomic E-state index is 5.58. The summed E-state index contributed by atoms with van der Waals surface area (Å²) in [4.78, 5) is 4.81. The minimum atomic E-state index is 0.589. The molecule has 0 amide bonds. The fourth-order valence-electron chi connectivity index (χ4n) is 2.86. The van der Waals surface area contributed by atoms with Gasteiger partial charge in [-0.05, 0) is 56.8 Å². The summed E-state index contributed by atoms with van der Waals surface area (Å²) in [6, 6.07) is 0. The third kappa shape index (κ3) is 5.85. The fourth-order valence-corrected chi connectivity index (χ4v) is 2.86. The summed E-state index contributed by atoms with van der Waals surface area (Å²) >= 11 is 0. The van der Waals surface area contributed by atoms with E-state index in [9.17, 15) is 0 Å². The number of unbranched alkanes of at least 4 members (excludes halogenated alkanes) is 1. The summed E-state index contributed by atoms with van der Waals surface area (Å²) in [5, 5.41) is 6.78. The van der Waals surface area contributed by atoms with Gasteiger partial charge in [-0.15, -0.1) is 0 Å². The molecular formula is C17H33N3O. The van der Waals surface area contributed by atoms with E-state index in [1.54, 1.807) is 0 Å². The lowest BCUT2D eigenvalue weighted by Crippen LogP contribution is -2.38. The van der Waals surface area contributed by atoms with E-state index in [4.69, 9.17) is 9.73 Å². The van der Waals surface area contributed by atoms with Crippen molar-refractivity contribution in [3.05, 3.63) is 0 Å². The van der Waals surface area contributed by atoms with Crippen molar-refractivity contribution in [2.24, 2.45) is 16.3 Å². The van der Waals surface area contributed by atoms with Crippen molar-refractivity contribution < 1.29 is 4.74 Å². The second-order valence-corrected chi connectivity index (χ2v) is 6.58. The molecule has 0 spiro atoms. The van der Waals surface area contributed by atoms with Crippen molar-refractivity contribution in [3.63, 3.8) is 0 Å². The van der Waals surface area contributed by atoms with Crippen molar-refractivity contribution in [2.45, 2.75) is 58.8 Å². The summed E-state index contributed by atoms with van der Waals surface area (Å²) < 4.78 is 5.58. The van der Waals surface area contributed by atoms with Gasteiger partial charge < -0.3 is 15.4 Å². The van der Waals surface area contributed by atoms with Gasteiger partial charge in [0.05, 0.1) is 0 Å². The van der Waals surface area contributed by atoms with E-state index >= 15 is 0 Å². The summed E-state index contributed by atoms with van der Waals surface area (Å²) in [6.45, 7) is 8.94. The lowest BCUT2D eigenvalue weighted by Gasteiger charge is -2.15. The Bertz CT molecular complexity index is 322. The van der Waals surface area contributed by atoms with E-state index in [2.05, 4.69) is 24.5 Å². The number of ether oxygens (including phenoxy) is 1. The highest BCUT2D eigenvalue weighted by molar-refractivity contribution is 5.79. The smallest absolute Gasteiger partial charge is 0.191 e. The SMILES string of the molecule is CCCCOCCCNC(=NCC1(C2CC2)CC1)NCC. The molecule has 0 atom stereocenters. The lowest BCUT2D eigenvalue weighted by atomic mass is 10.0. The van der Waals surface area contributed by atoms with Crippen LogP contribution in [0.3, 0.4) is 0 Å². The second-order valence-electron chi connectivity index (χ2n) is 6.58. The molecule has 0 bridgehead atoms. The number of hydrogen-bond acceptors (Lipinski definition) is 2. The molecule has 0 aromatic rings. The van der Waals surface area contributed by atoms with Gasteiger partial charge in [0.2, 0.25) is 0 Å². The molecule has 2 fully saturated rings. The molecule has 4 heteroatoms. The van der Waals surface area contributed by atoms with Gasteiger partial charge in [0.1, 0.15) is 0 Å². The number of rotatable bonds is 11. The molecule has 0 radical (unpaired) electrons. The van der Waals surface area contributed by atoms with Crippen LogP contribution in [-0.4, -0.2) is 38.8 Å². The van der Waals surface area contributed by atoms with Crippen molar-refractivity contribution >= 4 is 5.96 Å². The Labute approximate surface area is 130 Å². The fraction of sp³-hybridized carbons (Fsp3) is 0.941. The molecule has 2 aliphatic rings. The molecule has 2 saturated carbocycles. The van der Waals surface area contributed by atoms with Crippen molar-refractivity contribution in [2.75, 3.05) is 32.8 Å². The van der Waals surface area contributed by atoms with Crippen LogP contribution in [0.4, 0.5) is 0 Å². The minimum Gasteiger partial charge on any atom is -0.381 e. The first-order valence-corrected chi connectivity index (χ1v) is 8.90. The van der Waals surface area contributed by atoms with Crippen LogP contribution in [0.1, 0.15) is 58.8 Å². The van der Waals surface area contributed by atoms with Crippen LogP contribution >= 0.6 is 0 Å². The first-order chi connectivity index (χ1) is 10.3. The summed E-state index contributed by atoms with van der Waals surface area (Å²) in [5.74, 6) is 1.97. The molecule has 122 valence electrons. The summed E-state index contributed by atoms with van der Waals surface area (Å²) in [5.41, 5.74) is 0.589. The third-order valence-electron chi connectivity index (χ3n) is 4.63. The first-order valence-electron chi connectivity index (χ1n) is 8.90. The summed E-state index contributed by atoms with van der Waals surface area (Å²) in [7, 11) is 0. The highest BCUT2D eigenvalue weighted by Gasteiger charge is 2.53. The van der Waals surface area contributed by atoms with Crippen LogP contribution in [0.25, 0.3) is 0 Å². The number of nitrogens with zero attached hydrogens (tertiary/aromatic N) is 1. The van der Waals surface area contributed by atoms with Gasteiger partial charge in [-0.1, -0.05) is 13.3 Å². The molecule has 0 aromatic heterocycles. The van der Waals surface area contributed by atoms with Gasteiger partial charge in [-0.25, -0.2) is 0 Å². The minimum absolute atomic E-state index is 0.589. The van der Waals surface area contributed by atoms with Crippen LogP contribution in [0.5, 0.6) is 0 Å². The van der Waals surface area contributed by atoms with Gasteiger partial charge >= 0.3 is 0 Å². The highest BCUT2D eigenvalue weighted by Crippen LogP contribution is 2.61. The molecule has 0 aliphatic heterocycles. The molecule has 2 rings (SSSR count). The normalized spacial score (nSPS) is 20.4. The number of aliphatic imine (C=N–C) groups is 1. The van der Waals surface area contributed by atoms with Crippen LogP contribution in [-0.2, 0) is 4.74 Å². The zero-order valence-corrected chi connectivity index (χ0v) is 13.9. The number of hydrogen-bond donors (Lipinski definition) is 2. The van der Waals surface area contributed by atoms with Crippen molar-refractivity contribution in [3.8, 4) is 0 Å². The van der Waals surface area contributed by atoms with Crippen LogP contribution < -0.4 is 10.6 Å². The predicted molar refractivity (Wildman–Crippen MR) is 88.7 cm³/mol. The van der Waals surface area contributed by atoms with E-state index in [-0.39, 0.29) is 0 Å². The Kier molecular flexibility index (Phi) is 6.81. The van der Waals surface area contributed by atoms with Crippen LogP contribution in [0.2, 0.25) is 0 Å². The standard InChI is InChI=1S/C17H33N3O/c1-3-5-12-21-13-6-11-19-16(18-4-2)20-14-17(9-10-17)15-7-8-15/h15H,3-14H2,1-2H3,(H2,18,19,20). The molecule has 0 unspecified atom stereocenters. The third-order valence-corrected chi connectivity index (χ3v) is 4.63. The molecular weight excluding hydrogens is 262 g/mol. The van der Waals surface area contributed by atoms with E-state index in [0.29, 0.717) is 5.41 Å². The monoisotopic (exact) mass is 295 g/mol. The number of guanidine groups is 1. The second kappa shape index (κ2) is 8.62. The largest absolute Gasteiger partial charge is 0.381 e. The average Bonchev–Trinajstić information content (AvgIpc) is 3.37. The molecule has 21 heavy (non-hydrogen) atoms. The van der Waals surface area contributed by atoms with Gasteiger partial charge in [0, 0.05) is 32.8 Å². The molecule has 0 saturated heterocycles. The quantitative estimate of drug-likeness (QED) is 0.350. The van der Waals surface area contributed by atoms with Gasteiger partial charge in [0.25, 0.3) is 0 Å². The first kappa shape index (κ1) is 16.6. The van der Waals surface area contributed by atoms with Gasteiger partial charge in [0.15, 0.2) is 5.96 Å². The Morgan fingerprint density at radius 2 is 1.90 bits per heavy atom. The Hall–Kier alpha value is -0.770. The molecule has 2 aliphatic carbocycles. The molecule has 4 nitrogen and oxygen atoms in total. The zero-order valence-electron chi connectivity index (χ0n) is 13.9. The maximum atomic E-state index is 5.58. The van der Waals surface area contributed by atoms with Crippen molar-refractivity contribution in [1.82, 2.24) is 10.6 Å². The van der Waals surface area contributed by atoms with E-state index in [1.165, 1.54) is 38.5 Å². The predicted octanol–water partition coefficient (Wildman–Crippen LogP) is 2.94. The topological polar surface area (TPSA) is 45.6 Å². The average molecular weight is 295 g/mol. The Balaban J connectivity index is 1.60. The molecule has 0 aromatic carbocycles. The van der Waals surface area contributed by atoms with E-state index in [0.717, 1.165) is 51.1 Å². The van der Waals surface area contributed by atoms with Gasteiger partial charge in [-0.3, -0.25) is 4.99 Å². The lowest BCUT2D eigenvalue weighted by molar-refractivity contribution is 0.129. The van der Waals surface area contributed by atoms with Crippen LogP contribution in [0, 0.1) is 11.3 Å². The zero-order chi connectivity index (χ0) is 15.0. The van der Waals surface area contributed by atoms with E-state index < -0.39 is 0 Å². The Morgan fingerprint density at radius 1 is 1.14 bits per heavy atom. The molecule has 2 N–H and O–H groups in total.